The van der Waals surface area contributed by atoms with E-state index < -0.39 is 0 Å². The monoisotopic (exact) mass is 312 g/mol. The van der Waals surface area contributed by atoms with Crippen molar-refractivity contribution in [2.75, 3.05) is 0 Å². The largest absolute Gasteiger partial charge is 0.473 e. The van der Waals surface area contributed by atoms with Crippen molar-refractivity contribution in [3.63, 3.8) is 0 Å². The SMILES string of the molecule is CC(C)(C)NC(N)=NCc1ccnc(OCc2ccccc2)c1. The third-order valence-corrected chi connectivity index (χ3v) is 2.96. The highest BCUT2D eigenvalue weighted by atomic mass is 16.5. The highest BCUT2D eigenvalue weighted by Crippen LogP contribution is 2.12. The van der Waals surface area contributed by atoms with Gasteiger partial charge in [-0.05, 0) is 38.0 Å². The van der Waals surface area contributed by atoms with Crippen molar-refractivity contribution >= 4 is 5.96 Å². The number of pyridine rings is 1. The van der Waals surface area contributed by atoms with Gasteiger partial charge in [0.15, 0.2) is 5.96 Å². The number of aromatic nitrogens is 1. The molecule has 0 radical (unpaired) electrons. The number of rotatable bonds is 5. The van der Waals surface area contributed by atoms with E-state index in [4.69, 9.17) is 10.5 Å². The molecule has 0 unspecified atom stereocenters. The van der Waals surface area contributed by atoms with Gasteiger partial charge in [-0.1, -0.05) is 30.3 Å². The first-order valence-corrected chi connectivity index (χ1v) is 7.62. The Balaban J connectivity index is 1.93. The van der Waals surface area contributed by atoms with Gasteiger partial charge in [0.05, 0.1) is 6.54 Å². The summed E-state index contributed by atoms with van der Waals surface area (Å²) < 4.78 is 5.71. The Morgan fingerprint density at radius 1 is 1.17 bits per heavy atom. The maximum atomic E-state index is 5.87. The topological polar surface area (TPSA) is 72.5 Å². The van der Waals surface area contributed by atoms with Crippen molar-refractivity contribution in [3.8, 4) is 5.88 Å². The Morgan fingerprint density at radius 3 is 2.61 bits per heavy atom. The van der Waals surface area contributed by atoms with Crippen LogP contribution in [0.3, 0.4) is 0 Å². The number of nitrogens with two attached hydrogens (primary N) is 1. The van der Waals surface area contributed by atoms with E-state index in [1.54, 1.807) is 6.20 Å². The van der Waals surface area contributed by atoms with Crippen LogP contribution in [-0.2, 0) is 13.2 Å². The molecular formula is C18H24N4O. The van der Waals surface area contributed by atoms with Crippen LogP contribution in [0.2, 0.25) is 0 Å². The second-order valence-corrected chi connectivity index (χ2v) is 6.35. The van der Waals surface area contributed by atoms with Gasteiger partial charge in [0.25, 0.3) is 0 Å². The molecule has 3 N–H and O–H groups in total. The zero-order chi connectivity index (χ0) is 16.7. The fourth-order valence-electron chi connectivity index (χ4n) is 1.96. The van der Waals surface area contributed by atoms with E-state index in [2.05, 4.69) is 15.3 Å². The van der Waals surface area contributed by atoms with Gasteiger partial charge in [-0.25, -0.2) is 9.98 Å². The van der Waals surface area contributed by atoms with Crippen molar-refractivity contribution in [2.45, 2.75) is 39.5 Å². The summed E-state index contributed by atoms with van der Waals surface area (Å²) in [5.41, 5.74) is 7.88. The molecule has 0 aliphatic rings. The van der Waals surface area contributed by atoms with E-state index in [1.807, 2.05) is 63.2 Å². The fraction of sp³-hybridized carbons (Fsp3) is 0.333. The van der Waals surface area contributed by atoms with E-state index >= 15 is 0 Å². The first-order valence-electron chi connectivity index (χ1n) is 7.62. The summed E-state index contributed by atoms with van der Waals surface area (Å²) in [6.45, 7) is 7.10. The van der Waals surface area contributed by atoms with Gasteiger partial charge < -0.3 is 15.8 Å². The van der Waals surface area contributed by atoms with Gasteiger partial charge in [0, 0.05) is 17.8 Å². The highest BCUT2D eigenvalue weighted by molar-refractivity contribution is 5.78. The number of ether oxygens (including phenoxy) is 1. The number of hydrogen-bond donors (Lipinski definition) is 2. The van der Waals surface area contributed by atoms with Crippen LogP contribution in [0.15, 0.2) is 53.7 Å². The lowest BCUT2D eigenvalue weighted by atomic mass is 10.1. The van der Waals surface area contributed by atoms with Crippen molar-refractivity contribution in [2.24, 2.45) is 10.7 Å². The molecule has 0 atom stereocenters. The molecule has 0 spiro atoms. The minimum Gasteiger partial charge on any atom is -0.473 e. The normalized spacial score (nSPS) is 12.0. The van der Waals surface area contributed by atoms with E-state index in [1.165, 1.54) is 0 Å². The van der Waals surface area contributed by atoms with Crippen molar-refractivity contribution in [1.29, 1.82) is 0 Å². The molecule has 122 valence electrons. The predicted molar refractivity (Wildman–Crippen MR) is 93.2 cm³/mol. The van der Waals surface area contributed by atoms with Crippen molar-refractivity contribution < 1.29 is 4.74 Å². The molecule has 1 aromatic carbocycles. The molecule has 1 aromatic heterocycles. The van der Waals surface area contributed by atoms with Gasteiger partial charge in [0.2, 0.25) is 5.88 Å². The average Bonchev–Trinajstić information content (AvgIpc) is 2.51. The summed E-state index contributed by atoms with van der Waals surface area (Å²) in [7, 11) is 0. The van der Waals surface area contributed by atoms with Crippen molar-refractivity contribution in [1.82, 2.24) is 10.3 Å². The zero-order valence-electron chi connectivity index (χ0n) is 13.9. The third-order valence-electron chi connectivity index (χ3n) is 2.96. The second kappa shape index (κ2) is 7.63. The molecule has 2 rings (SSSR count). The zero-order valence-corrected chi connectivity index (χ0v) is 13.9. The molecule has 0 amide bonds. The highest BCUT2D eigenvalue weighted by Gasteiger charge is 2.09. The molecule has 0 aliphatic carbocycles. The van der Waals surface area contributed by atoms with Gasteiger partial charge in [-0.2, -0.15) is 0 Å². The first kappa shape index (κ1) is 16.8. The van der Waals surface area contributed by atoms with Crippen LogP contribution in [-0.4, -0.2) is 16.5 Å². The Labute approximate surface area is 137 Å². The summed E-state index contributed by atoms with van der Waals surface area (Å²) >= 11 is 0. The van der Waals surface area contributed by atoms with Crippen LogP contribution in [0, 0.1) is 0 Å². The summed E-state index contributed by atoms with van der Waals surface area (Å²) in [5, 5.41) is 3.13. The van der Waals surface area contributed by atoms with Gasteiger partial charge in [0.1, 0.15) is 6.61 Å². The molecule has 0 saturated carbocycles. The predicted octanol–water partition coefficient (Wildman–Crippen LogP) is 2.86. The van der Waals surface area contributed by atoms with Crippen LogP contribution in [0.25, 0.3) is 0 Å². The minimum atomic E-state index is -0.101. The molecular weight excluding hydrogens is 288 g/mol. The van der Waals surface area contributed by atoms with Gasteiger partial charge in [-0.3, -0.25) is 0 Å². The molecule has 0 saturated heterocycles. The lowest BCUT2D eigenvalue weighted by Gasteiger charge is -2.21. The number of aliphatic imine (C=N–C) groups is 1. The molecule has 0 aliphatic heterocycles. The Bertz CT molecular complexity index is 648. The number of guanidine groups is 1. The molecule has 5 nitrogen and oxygen atoms in total. The minimum absolute atomic E-state index is 0.101. The maximum Gasteiger partial charge on any atom is 0.213 e. The number of hydrogen-bond acceptors (Lipinski definition) is 3. The summed E-state index contributed by atoms with van der Waals surface area (Å²) in [6, 6.07) is 13.8. The Hall–Kier alpha value is -2.56. The quantitative estimate of drug-likeness (QED) is 0.658. The molecule has 0 bridgehead atoms. The second-order valence-electron chi connectivity index (χ2n) is 6.35. The summed E-state index contributed by atoms with van der Waals surface area (Å²) in [5.74, 6) is 1.02. The average molecular weight is 312 g/mol. The molecule has 0 fully saturated rings. The third kappa shape index (κ3) is 6.38. The van der Waals surface area contributed by atoms with Crippen LogP contribution < -0.4 is 15.8 Å². The smallest absolute Gasteiger partial charge is 0.213 e. The number of nitrogens with one attached hydrogen (secondary N) is 1. The molecule has 5 heteroatoms. The van der Waals surface area contributed by atoms with E-state index in [0.717, 1.165) is 11.1 Å². The van der Waals surface area contributed by atoms with Gasteiger partial charge in [-0.15, -0.1) is 0 Å². The lowest BCUT2D eigenvalue weighted by molar-refractivity contribution is 0.293. The van der Waals surface area contributed by atoms with Gasteiger partial charge >= 0.3 is 0 Å². The van der Waals surface area contributed by atoms with Crippen LogP contribution in [0.5, 0.6) is 5.88 Å². The van der Waals surface area contributed by atoms with E-state index in [0.29, 0.717) is 25.0 Å². The van der Waals surface area contributed by atoms with Crippen molar-refractivity contribution in [3.05, 3.63) is 59.8 Å². The fourth-order valence-corrected chi connectivity index (χ4v) is 1.96. The van der Waals surface area contributed by atoms with Crippen LogP contribution in [0.1, 0.15) is 31.9 Å². The molecule has 23 heavy (non-hydrogen) atoms. The van der Waals surface area contributed by atoms with E-state index in [-0.39, 0.29) is 5.54 Å². The number of benzene rings is 1. The molecule has 2 aromatic rings. The summed E-state index contributed by atoms with van der Waals surface area (Å²) in [4.78, 5) is 8.56. The molecule has 1 heterocycles. The maximum absolute atomic E-state index is 5.87. The van der Waals surface area contributed by atoms with E-state index in [9.17, 15) is 0 Å². The van der Waals surface area contributed by atoms with Crippen LogP contribution >= 0.6 is 0 Å². The summed E-state index contributed by atoms with van der Waals surface area (Å²) in [6.07, 6.45) is 1.72. The standard InChI is InChI=1S/C18H24N4O/c1-18(2,3)22-17(19)21-12-15-9-10-20-16(11-15)23-13-14-7-5-4-6-8-14/h4-11H,12-13H2,1-3H3,(H3,19,21,22). The lowest BCUT2D eigenvalue weighted by Crippen LogP contribution is -2.44. The Kier molecular flexibility index (Phi) is 5.57. The Morgan fingerprint density at radius 2 is 1.91 bits per heavy atom. The van der Waals surface area contributed by atoms with Crippen LogP contribution in [0.4, 0.5) is 0 Å². The number of nitrogens with zero attached hydrogens (tertiary/aromatic N) is 2. The first-order chi connectivity index (χ1) is 10.9.